The van der Waals surface area contributed by atoms with E-state index < -0.39 is 6.10 Å². The molecule has 6 nitrogen and oxygen atoms in total. The number of hydrogen-bond donors (Lipinski definition) is 0. The van der Waals surface area contributed by atoms with Gasteiger partial charge in [-0.25, -0.2) is 0 Å². The van der Waals surface area contributed by atoms with E-state index in [1.807, 2.05) is 24.3 Å². The topological polar surface area (TPSA) is 78.9 Å². The first-order valence-electron chi connectivity index (χ1n) is 26.3. The minimum Gasteiger partial charge on any atom is -0.462 e. The third-order valence-corrected chi connectivity index (χ3v) is 10.9. The van der Waals surface area contributed by atoms with E-state index >= 15 is 0 Å². The highest BCUT2D eigenvalue weighted by atomic mass is 16.6. The lowest BCUT2D eigenvalue weighted by Gasteiger charge is -2.18. The Hall–Kier alpha value is -3.67. The zero-order chi connectivity index (χ0) is 46.5. The Kier molecular flexibility index (Phi) is 49.0. The van der Waals surface area contributed by atoms with Crippen LogP contribution in [0.2, 0.25) is 0 Å². The van der Waals surface area contributed by atoms with E-state index in [-0.39, 0.29) is 31.1 Å². The van der Waals surface area contributed by atoms with Crippen LogP contribution in [0.15, 0.2) is 97.2 Å². The zero-order valence-electron chi connectivity index (χ0n) is 41.5. The largest absolute Gasteiger partial charge is 0.462 e. The van der Waals surface area contributed by atoms with Crippen molar-refractivity contribution in [1.82, 2.24) is 0 Å². The molecule has 0 radical (unpaired) electrons. The maximum absolute atomic E-state index is 12.8. The molecule has 0 aliphatic rings. The van der Waals surface area contributed by atoms with Gasteiger partial charge in [0.05, 0.1) is 0 Å². The molecule has 0 spiro atoms. The Labute approximate surface area is 394 Å². The van der Waals surface area contributed by atoms with Crippen molar-refractivity contribution in [1.29, 1.82) is 0 Å². The van der Waals surface area contributed by atoms with Gasteiger partial charge in [0.1, 0.15) is 13.2 Å². The molecule has 0 heterocycles. The molecule has 0 bridgehead atoms. The number of hydrogen-bond acceptors (Lipinski definition) is 6. The predicted molar refractivity (Wildman–Crippen MR) is 274 cm³/mol. The van der Waals surface area contributed by atoms with Crippen molar-refractivity contribution in [2.75, 3.05) is 13.2 Å². The summed E-state index contributed by atoms with van der Waals surface area (Å²) >= 11 is 0. The minimum atomic E-state index is -0.806. The maximum atomic E-state index is 12.8. The molecule has 0 aliphatic carbocycles. The SMILES string of the molecule is CC\C=C/C=C\C=C/C=C\CCCCCCCC(=O)OC(COC(=O)CCCCC/C=C\C=C/CCCCCCCCC)COC(=O)CCCCCCCC/C=C\C=C/CCCCC. The molecular formula is C58H96O6. The lowest BCUT2D eigenvalue weighted by Crippen LogP contribution is -2.30. The van der Waals surface area contributed by atoms with Crippen LogP contribution in [0, 0.1) is 0 Å². The molecule has 0 rings (SSSR count). The average Bonchev–Trinajstić information content (AvgIpc) is 3.29. The number of carbonyl (C=O) groups excluding carboxylic acids is 3. The number of rotatable bonds is 46. The fourth-order valence-electron chi connectivity index (χ4n) is 6.96. The third kappa shape index (κ3) is 49.3. The summed E-state index contributed by atoms with van der Waals surface area (Å²) in [5.41, 5.74) is 0. The number of esters is 3. The average molecular weight is 889 g/mol. The Balaban J connectivity index is 4.50. The van der Waals surface area contributed by atoms with Crippen LogP contribution in [0.1, 0.15) is 233 Å². The standard InChI is InChI=1S/C58H96O6/c1-4-7-10-13-16-19-22-25-28-31-33-36-39-42-45-48-51-57(60)63-54-55(64-58(61)52-49-46-43-40-37-34-30-27-24-21-18-15-12-9-6-3)53-62-56(59)50-47-44-41-38-35-32-29-26-23-20-17-14-11-8-5-2/h9,12,15,17-18,20-21,23-24,26-28,30-31,33,36,55H,4-8,10-11,13-14,16,19,22,25,29,32,34-35,37-54H2,1-3H3/b12-9-,18-15-,20-17-,24-21-,26-23-,30-27-,31-28-,36-33-. The van der Waals surface area contributed by atoms with E-state index in [1.54, 1.807) is 0 Å². The summed E-state index contributed by atoms with van der Waals surface area (Å²) in [6.07, 6.45) is 68.1. The van der Waals surface area contributed by atoms with Crippen LogP contribution in [0.4, 0.5) is 0 Å². The van der Waals surface area contributed by atoms with E-state index in [1.165, 1.54) is 89.9 Å². The summed E-state index contributed by atoms with van der Waals surface area (Å²) in [7, 11) is 0. The molecule has 0 saturated carbocycles. The monoisotopic (exact) mass is 889 g/mol. The normalized spacial score (nSPS) is 12.9. The van der Waals surface area contributed by atoms with Crippen molar-refractivity contribution in [2.45, 2.75) is 239 Å². The fourth-order valence-corrected chi connectivity index (χ4v) is 6.96. The molecule has 0 fully saturated rings. The van der Waals surface area contributed by atoms with E-state index in [9.17, 15) is 14.4 Å². The molecule has 0 aromatic rings. The molecule has 0 aliphatic heterocycles. The van der Waals surface area contributed by atoms with E-state index in [2.05, 4.69) is 93.7 Å². The molecule has 0 amide bonds. The van der Waals surface area contributed by atoms with Crippen molar-refractivity contribution in [3.05, 3.63) is 97.2 Å². The highest BCUT2D eigenvalue weighted by molar-refractivity contribution is 5.71. The first-order valence-corrected chi connectivity index (χ1v) is 26.3. The Bertz CT molecular complexity index is 1300. The van der Waals surface area contributed by atoms with Crippen molar-refractivity contribution in [2.24, 2.45) is 0 Å². The van der Waals surface area contributed by atoms with Gasteiger partial charge in [0.2, 0.25) is 0 Å². The Morgan fingerprint density at radius 1 is 0.328 bits per heavy atom. The molecule has 1 unspecified atom stereocenters. The van der Waals surface area contributed by atoms with Crippen molar-refractivity contribution in [3.63, 3.8) is 0 Å². The van der Waals surface area contributed by atoms with Gasteiger partial charge in [-0.3, -0.25) is 14.4 Å². The molecular weight excluding hydrogens is 793 g/mol. The second kappa shape index (κ2) is 52.0. The highest BCUT2D eigenvalue weighted by Crippen LogP contribution is 2.13. The Morgan fingerprint density at radius 2 is 0.609 bits per heavy atom. The quantitative estimate of drug-likeness (QED) is 0.0262. The van der Waals surface area contributed by atoms with Crippen molar-refractivity contribution in [3.8, 4) is 0 Å². The van der Waals surface area contributed by atoms with Gasteiger partial charge >= 0.3 is 17.9 Å². The first-order chi connectivity index (χ1) is 31.5. The van der Waals surface area contributed by atoms with Gasteiger partial charge < -0.3 is 14.2 Å². The number of carbonyl (C=O) groups is 3. The molecule has 64 heavy (non-hydrogen) atoms. The predicted octanol–water partition coefficient (Wildman–Crippen LogP) is 17.4. The summed E-state index contributed by atoms with van der Waals surface area (Å²) in [5.74, 6) is -0.967. The van der Waals surface area contributed by atoms with E-state index in [0.29, 0.717) is 19.3 Å². The lowest BCUT2D eigenvalue weighted by atomic mass is 10.1. The second-order valence-corrected chi connectivity index (χ2v) is 17.2. The molecule has 0 aromatic carbocycles. The summed E-state index contributed by atoms with van der Waals surface area (Å²) in [4.78, 5) is 38.0. The molecule has 364 valence electrons. The summed E-state index contributed by atoms with van der Waals surface area (Å²) in [6.45, 7) is 6.40. The smallest absolute Gasteiger partial charge is 0.306 e. The summed E-state index contributed by atoms with van der Waals surface area (Å²) < 4.78 is 16.8. The number of ether oxygens (including phenoxy) is 3. The van der Waals surface area contributed by atoms with Gasteiger partial charge in [-0.05, 0) is 89.9 Å². The minimum absolute atomic E-state index is 0.103. The van der Waals surface area contributed by atoms with Gasteiger partial charge in [-0.1, -0.05) is 221 Å². The van der Waals surface area contributed by atoms with Crippen LogP contribution in [0.5, 0.6) is 0 Å². The van der Waals surface area contributed by atoms with E-state index in [4.69, 9.17) is 14.2 Å². The fraction of sp³-hybridized carbons (Fsp3) is 0.672. The van der Waals surface area contributed by atoms with Crippen LogP contribution in [-0.2, 0) is 28.6 Å². The molecule has 1 atom stereocenters. The summed E-state index contributed by atoms with van der Waals surface area (Å²) in [5, 5.41) is 0. The molecule has 6 heteroatoms. The molecule has 0 aromatic heterocycles. The highest BCUT2D eigenvalue weighted by Gasteiger charge is 2.19. The van der Waals surface area contributed by atoms with Crippen LogP contribution < -0.4 is 0 Å². The van der Waals surface area contributed by atoms with Gasteiger partial charge in [0.25, 0.3) is 0 Å². The van der Waals surface area contributed by atoms with Gasteiger partial charge in [-0.2, -0.15) is 0 Å². The van der Waals surface area contributed by atoms with Gasteiger partial charge in [0.15, 0.2) is 6.10 Å². The number of allylic oxidation sites excluding steroid dienone is 16. The third-order valence-electron chi connectivity index (χ3n) is 10.9. The Morgan fingerprint density at radius 3 is 1.02 bits per heavy atom. The second-order valence-electron chi connectivity index (χ2n) is 17.2. The lowest BCUT2D eigenvalue weighted by molar-refractivity contribution is -0.167. The molecule has 0 N–H and O–H groups in total. The van der Waals surface area contributed by atoms with Crippen LogP contribution in [0.25, 0.3) is 0 Å². The number of unbranched alkanes of at least 4 members (excludes halogenated alkanes) is 24. The van der Waals surface area contributed by atoms with Gasteiger partial charge in [-0.15, -0.1) is 0 Å². The molecule has 0 saturated heterocycles. The first kappa shape index (κ1) is 60.3. The van der Waals surface area contributed by atoms with Crippen LogP contribution in [0.3, 0.4) is 0 Å². The van der Waals surface area contributed by atoms with E-state index in [0.717, 1.165) is 103 Å². The van der Waals surface area contributed by atoms with Crippen molar-refractivity contribution < 1.29 is 28.6 Å². The zero-order valence-corrected chi connectivity index (χ0v) is 41.5. The van der Waals surface area contributed by atoms with Crippen molar-refractivity contribution >= 4 is 17.9 Å². The van der Waals surface area contributed by atoms with Crippen LogP contribution in [-0.4, -0.2) is 37.2 Å². The van der Waals surface area contributed by atoms with Crippen LogP contribution >= 0.6 is 0 Å². The van der Waals surface area contributed by atoms with Gasteiger partial charge in [0, 0.05) is 19.3 Å². The summed E-state index contributed by atoms with van der Waals surface area (Å²) in [6, 6.07) is 0. The maximum Gasteiger partial charge on any atom is 0.306 e.